The van der Waals surface area contributed by atoms with Crippen LogP contribution in [0, 0.1) is 0 Å². The Kier molecular flexibility index (Phi) is 10.1. The lowest BCUT2D eigenvalue weighted by molar-refractivity contribution is 3.33. The van der Waals surface area contributed by atoms with E-state index in [0.717, 1.165) is 0 Å². The maximum Gasteiger partial charge on any atom is -0.0000000243 e. The molecule has 0 saturated carbocycles. The van der Waals surface area contributed by atoms with Crippen LogP contribution in [-0.2, 0) is 0 Å². The van der Waals surface area contributed by atoms with Gasteiger partial charge in [0, 0.05) is 0 Å². The SMILES string of the molecule is [B]B([B])B(B([B])[B])B(B([B])B([B-])[B-])B(B([B])[B])B([B])[B]. The first-order valence-corrected chi connectivity index (χ1v) is 6.33. The van der Waals surface area contributed by atoms with Crippen molar-refractivity contribution >= 4 is 143 Å². The summed E-state index contributed by atoms with van der Waals surface area (Å²) in [4.78, 5) is 0. The van der Waals surface area contributed by atoms with Crippen LogP contribution in [0.4, 0.5) is 0 Å². The normalized spacial score (nSPS) is 9.30. The molecule has 62 valence electrons. The van der Waals surface area contributed by atoms with E-state index in [9.17, 15) is 0 Å². The second kappa shape index (κ2) is 9.44. The maximum absolute atomic E-state index is 6.02. The van der Waals surface area contributed by atoms with Crippen molar-refractivity contribution in [2.24, 2.45) is 0 Å². The van der Waals surface area contributed by atoms with Crippen LogP contribution in [0.25, 0.3) is 0 Å². The minimum atomic E-state index is -0.889. The van der Waals surface area contributed by atoms with E-state index in [1.807, 2.05) is 0 Å². The van der Waals surface area contributed by atoms with Gasteiger partial charge in [-0.05, 0) is 114 Å². The quantitative estimate of drug-likeness (QED) is 0.354. The first-order valence-electron chi connectivity index (χ1n) is 6.33. The lowest BCUT2D eigenvalue weighted by Crippen LogP contribution is -2.80. The molecule has 0 saturated heterocycles. The fourth-order valence-electron chi connectivity index (χ4n) is 2.57. The average Bonchev–Trinajstić information content (AvgIpc) is 2.24. The Balaban J connectivity index is 5.66. The van der Waals surface area contributed by atoms with Gasteiger partial charge in [0.15, 0.2) is 0 Å². The Morgan fingerprint density at radius 3 is 0.850 bits per heavy atom. The molecule has 0 spiro atoms. The third-order valence-corrected chi connectivity index (χ3v) is 3.56. The van der Waals surface area contributed by atoms with E-state index in [1.54, 1.807) is 0 Å². The van der Waals surface area contributed by atoms with Gasteiger partial charge in [-0.1, -0.05) is 6.39 Å². The summed E-state index contributed by atoms with van der Waals surface area (Å²) in [6.07, 6.45) is -7.15. The Bertz CT molecular complexity index is 211. The molecule has 0 unspecified atom stereocenters. The first kappa shape index (κ1) is 21.3. The number of hydrogen-bond donors (Lipinski definition) is 0. The van der Waals surface area contributed by atoms with Crippen molar-refractivity contribution in [1.82, 2.24) is 0 Å². The Labute approximate surface area is 142 Å². The monoisotopic (exact) mass is 220 g/mol. The lowest BCUT2D eigenvalue weighted by Gasteiger charge is -2.51. The minimum Gasteiger partial charge on any atom is -0.729 e. The molecule has 0 bridgehead atoms. The predicted molar refractivity (Wildman–Crippen MR) is 115 cm³/mol. The summed E-state index contributed by atoms with van der Waals surface area (Å²) in [5.74, 6) is 0. The van der Waals surface area contributed by atoms with E-state index >= 15 is 0 Å². The molecule has 0 aromatic rings. The summed E-state index contributed by atoms with van der Waals surface area (Å²) in [6.45, 7) is 0. The van der Waals surface area contributed by atoms with Gasteiger partial charge in [-0.2, -0.15) is 0 Å². The summed E-state index contributed by atoms with van der Waals surface area (Å²) in [6, 6.07) is 0. The maximum atomic E-state index is 6.02. The van der Waals surface area contributed by atoms with E-state index in [4.69, 9.17) is 85.1 Å². The Hall–Kier alpha value is 1.30. The van der Waals surface area contributed by atoms with Crippen molar-refractivity contribution in [3.8, 4) is 0 Å². The molecular weight excluding hydrogens is 216 g/mol. The van der Waals surface area contributed by atoms with Gasteiger partial charge < -0.3 is 21.9 Å². The zero-order valence-corrected chi connectivity index (χ0v) is 11.5. The average molecular weight is 216 g/mol. The summed E-state index contributed by atoms with van der Waals surface area (Å²) in [5.41, 5.74) is 0. The van der Waals surface area contributed by atoms with Gasteiger partial charge in [0.05, 0.1) is 0 Å². The van der Waals surface area contributed by atoms with Gasteiger partial charge in [-0.3, -0.25) is 0 Å². The van der Waals surface area contributed by atoms with Gasteiger partial charge in [-0.15, -0.1) is 0 Å². The van der Waals surface area contributed by atoms with Crippen LogP contribution in [0.5, 0.6) is 0 Å². The second-order valence-electron chi connectivity index (χ2n) is 5.20. The molecular formula is B20-2. The standard InChI is InChI=1S/B20/c1-12(2)17(11)20(18(13(3)4)14(5)6)19(15(7)8)16(9)10/q-2. The van der Waals surface area contributed by atoms with Gasteiger partial charge in [0.1, 0.15) is 0 Å². The third kappa shape index (κ3) is 5.83. The van der Waals surface area contributed by atoms with Gasteiger partial charge in [0.25, 0.3) is 0 Å². The van der Waals surface area contributed by atoms with E-state index < -0.39 is 57.5 Å². The van der Waals surface area contributed by atoms with Crippen LogP contribution >= 0.6 is 0 Å². The highest BCUT2D eigenvalue weighted by Gasteiger charge is 2.41. The van der Waals surface area contributed by atoms with Crippen molar-refractivity contribution in [2.75, 3.05) is 0 Å². The molecule has 0 aliphatic heterocycles. The molecule has 0 N–H and O–H groups in total. The molecule has 20 heavy (non-hydrogen) atoms. The molecule has 0 rings (SSSR count). The minimum absolute atomic E-state index is 0.630. The highest BCUT2D eigenvalue weighted by atomic mass is 13.2. The second-order valence-corrected chi connectivity index (χ2v) is 5.20. The largest absolute Gasteiger partial charge is 0.729 e. The third-order valence-electron chi connectivity index (χ3n) is 3.56. The van der Waals surface area contributed by atoms with Crippen LogP contribution in [-0.4, -0.2) is 143 Å². The van der Waals surface area contributed by atoms with Crippen LogP contribution in [0.15, 0.2) is 0 Å². The molecule has 0 nitrogen and oxygen atoms in total. The molecule has 0 fully saturated rings. The Morgan fingerprint density at radius 2 is 0.700 bits per heavy atom. The number of rotatable bonds is 8. The van der Waals surface area contributed by atoms with E-state index in [2.05, 4.69) is 0 Å². The molecule has 20 heteroatoms. The van der Waals surface area contributed by atoms with E-state index in [1.165, 1.54) is 0 Å². The molecule has 0 heterocycles. The van der Waals surface area contributed by atoms with Crippen molar-refractivity contribution in [3.63, 3.8) is 0 Å². The highest BCUT2D eigenvalue weighted by molar-refractivity contribution is 8.19. The molecule has 0 aromatic carbocycles. The molecule has 0 atom stereocenters. The lowest BCUT2D eigenvalue weighted by atomic mass is 8.39. The molecule has 0 aromatic heterocycles. The molecule has 24 radical (unpaired) electrons. The van der Waals surface area contributed by atoms with E-state index in [-0.39, 0.29) is 0 Å². The van der Waals surface area contributed by atoms with Crippen molar-refractivity contribution < 1.29 is 0 Å². The van der Waals surface area contributed by atoms with Crippen LogP contribution in [0.3, 0.4) is 0 Å². The topological polar surface area (TPSA) is 0 Å². The smallest absolute Gasteiger partial charge is 0.0000000243 e. The fourth-order valence-corrected chi connectivity index (χ4v) is 2.57. The summed E-state index contributed by atoms with van der Waals surface area (Å²) >= 11 is 0. The molecule has 0 aliphatic rings. The number of hydrogen-bond acceptors (Lipinski definition) is 0. The first-order chi connectivity index (χ1) is 9.02. The summed E-state index contributed by atoms with van der Waals surface area (Å²) in [5, 5.41) is 0. The molecule has 0 amide bonds. The van der Waals surface area contributed by atoms with Crippen LogP contribution in [0.1, 0.15) is 0 Å². The predicted octanol–water partition coefficient (Wildman–Crippen LogP) is -7.62. The van der Waals surface area contributed by atoms with Crippen molar-refractivity contribution in [2.45, 2.75) is 0 Å². The van der Waals surface area contributed by atoms with Crippen LogP contribution in [0.2, 0.25) is 0 Å². The van der Waals surface area contributed by atoms with Gasteiger partial charge in [-0.25, -0.2) is 0 Å². The Morgan fingerprint density at radius 1 is 0.450 bits per heavy atom. The summed E-state index contributed by atoms with van der Waals surface area (Å²) < 4.78 is 0. The highest BCUT2D eigenvalue weighted by Crippen LogP contribution is 2.05. The van der Waals surface area contributed by atoms with E-state index in [0.29, 0.717) is 0 Å². The van der Waals surface area contributed by atoms with Crippen molar-refractivity contribution in [1.29, 1.82) is 0 Å². The van der Waals surface area contributed by atoms with Crippen LogP contribution < -0.4 is 0 Å². The van der Waals surface area contributed by atoms with Crippen molar-refractivity contribution in [3.05, 3.63) is 0 Å². The molecule has 0 aliphatic carbocycles. The summed E-state index contributed by atoms with van der Waals surface area (Å²) in [7, 11) is 63.2. The zero-order valence-electron chi connectivity index (χ0n) is 11.5. The van der Waals surface area contributed by atoms with Gasteiger partial charge in [0.2, 0.25) is 0 Å². The van der Waals surface area contributed by atoms with Gasteiger partial charge >= 0.3 is 0 Å². The fraction of sp³-hybridized carbons (Fsp3) is 0. The zero-order chi connectivity index (χ0) is 16.2.